The molecule has 5 heteroatoms. The summed E-state index contributed by atoms with van der Waals surface area (Å²) in [5.41, 5.74) is 2.63. The zero-order chi connectivity index (χ0) is 20.2. The van der Waals surface area contributed by atoms with Crippen molar-refractivity contribution in [2.75, 3.05) is 26.2 Å². The van der Waals surface area contributed by atoms with Crippen LogP contribution in [-0.4, -0.2) is 51.5 Å². The standard InChI is InChI=1S/C25H28N4O/c30-22-20-8-4-5-9-21(20)26-23(27-22)24-10-11-25(17-24,18-24)29-14-12-28(13-15-29)16-19-6-2-1-3-7-19/h1-9H,10-18H2,(H,26,27,30). The van der Waals surface area contributed by atoms with Gasteiger partial charge in [-0.1, -0.05) is 42.5 Å². The predicted molar refractivity (Wildman–Crippen MR) is 119 cm³/mol. The van der Waals surface area contributed by atoms with E-state index in [2.05, 4.69) is 45.1 Å². The van der Waals surface area contributed by atoms with Crippen molar-refractivity contribution in [2.45, 2.75) is 43.2 Å². The lowest BCUT2D eigenvalue weighted by Crippen LogP contribution is -2.62. The average molecular weight is 401 g/mol. The molecule has 3 aromatic rings. The van der Waals surface area contributed by atoms with Crippen molar-refractivity contribution < 1.29 is 0 Å². The molecule has 0 atom stereocenters. The molecule has 0 unspecified atom stereocenters. The minimum atomic E-state index is 0.00361. The lowest BCUT2D eigenvalue weighted by molar-refractivity contribution is -0.0244. The molecule has 4 aliphatic rings. The maximum atomic E-state index is 12.6. The van der Waals surface area contributed by atoms with Gasteiger partial charge in [0.15, 0.2) is 0 Å². The van der Waals surface area contributed by atoms with Crippen molar-refractivity contribution in [1.29, 1.82) is 0 Å². The Balaban J connectivity index is 1.15. The number of aromatic nitrogens is 2. The van der Waals surface area contributed by atoms with Crippen LogP contribution >= 0.6 is 0 Å². The highest BCUT2D eigenvalue weighted by atomic mass is 16.1. The topological polar surface area (TPSA) is 52.2 Å². The van der Waals surface area contributed by atoms with Crippen LogP contribution in [0.25, 0.3) is 10.9 Å². The van der Waals surface area contributed by atoms with Gasteiger partial charge in [0.25, 0.3) is 5.56 Å². The zero-order valence-corrected chi connectivity index (χ0v) is 17.3. The van der Waals surface area contributed by atoms with Crippen LogP contribution in [0, 0.1) is 0 Å². The molecule has 2 heterocycles. The second kappa shape index (κ2) is 6.76. The average Bonchev–Trinajstić information content (AvgIpc) is 3.33. The highest BCUT2D eigenvalue weighted by molar-refractivity contribution is 5.77. The number of hydrogen-bond donors (Lipinski definition) is 1. The number of nitrogens with zero attached hydrogens (tertiary/aromatic N) is 3. The number of para-hydroxylation sites is 1. The summed E-state index contributed by atoms with van der Waals surface area (Å²) in [6.07, 6.45) is 4.64. The molecule has 1 aliphatic heterocycles. The van der Waals surface area contributed by atoms with Gasteiger partial charge in [0, 0.05) is 43.7 Å². The number of benzene rings is 2. The number of rotatable bonds is 4. The predicted octanol–water partition coefficient (Wildman–Crippen LogP) is 3.31. The molecule has 0 spiro atoms. The molecule has 3 saturated carbocycles. The molecule has 0 amide bonds. The first-order valence-electron chi connectivity index (χ1n) is 11.2. The first-order chi connectivity index (χ1) is 14.7. The number of H-pyrrole nitrogens is 1. The maximum absolute atomic E-state index is 12.6. The molecule has 3 aliphatic carbocycles. The van der Waals surface area contributed by atoms with Crippen molar-refractivity contribution in [3.8, 4) is 0 Å². The summed E-state index contributed by atoms with van der Waals surface area (Å²) in [4.78, 5) is 25.9. The molecule has 154 valence electrons. The van der Waals surface area contributed by atoms with E-state index in [1.807, 2.05) is 24.3 Å². The molecule has 1 aromatic heterocycles. The van der Waals surface area contributed by atoms with E-state index in [9.17, 15) is 4.79 Å². The van der Waals surface area contributed by atoms with Crippen LogP contribution in [0.5, 0.6) is 0 Å². The van der Waals surface area contributed by atoms with Gasteiger partial charge in [-0.3, -0.25) is 14.6 Å². The van der Waals surface area contributed by atoms with Gasteiger partial charge in [0.05, 0.1) is 10.9 Å². The summed E-state index contributed by atoms with van der Waals surface area (Å²) in [7, 11) is 0. The fourth-order valence-corrected chi connectivity index (χ4v) is 6.26. The van der Waals surface area contributed by atoms with E-state index >= 15 is 0 Å². The largest absolute Gasteiger partial charge is 0.310 e. The minimum Gasteiger partial charge on any atom is -0.310 e. The van der Waals surface area contributed by atoms with E-state index < -0.39 is 0 Å². The first-order valence-corrected chi connectivity index (χ1v) is 11.2. The summed E-state index contributed by atoms with van der Waals surface area (Å²) in [6, 6.07) is 18.5. The third-order valence-corrected chi connectivity index (χ3v) is 7.81. The third-order valence-electron chi connectivity index (χ3n) is 7.81. The number of fused-ring (bicyclic) bond motifs is 2. The minimum absolute atomic E-state index is 0.00361. The van der Waals surface area contributed by atoms with Gasteiger partial charge in [-0.05, 0) is 43.4 Å². The van der Waals surface area contributed by atoms with Crippen molar-refractivity contribution >= 4 is 10.9 Å². The van der Waals surface area contributed by atoms with E-state index in [-0.39, 0.29) is 11.0 Å². The summed E-state index contributed by atoms with van der Waals surface area (Å²) in [5, 5.41) is 0.691. The Morgan fingerprint density at radius 2 is 1.63 bits per heavy atom. The summed E-state index contributed by atoms with van der Waals surface area (Å²) in [6.45, 7) is 5.60. The Bertz CT molecular complexity index is 1120. The molecule has 5 nitrogen and oxygen atoms in total. The van der Waals surface area contributed by atoms with Gasteiger partial charge in [-0.25, -0.2) is 4.98 Å². The number of aromatic amines is 1. The van der Waals surface area contributed by atoms with E-state index in [4.69, 9.17) is 4.98 Å². The van der Waals surface area contributed by atoms with Crippen LogP contribution in [0.4, 0.5) is 0 Å². The van der Waals surface area contributed by atoms with Gasteiger partial charge >= 0.3 is 0 Å². The number of hydrogen-bond acceptors (Lipinski definition) is 4. The lowest BCUT2D eigenvalue weighted by atomic mass is 9.63. The fourth-order valence-electron chi connectivity index (χ4n) is 6.26. The molecule has 1 saturated heterocycles. The Morgan fingerprint density at radius 3 is 2.43 bits per heavy atom. The van der Waals surface area contributed by atoms with Crippen LogP contribution < -0.4 is 5.56 Å². The quantitative estimate of drug-likeness (QED) is 0.730. The SMILES string of the molecule is O=c1[nH]c(C23CCC(N4CCN(Cc5ccccc5)CC4)(C2)C3)nc2ccccc12. The monoisotopic (exact) mass is 400 g/mol. The van der Waals surface area contributed by atoms with Crippen molar-refractivity contribution in [3.63, 3.8) is 0 Å². The fraction of sp³-hybridized carbons (Fsp3) is 0.440. The molecule has 2 aromatic carbocycles. The first kappa shape index (κ1) is 18.3. The van der Waals surface area contributed by atoms with Gasteiger partial charge < -0.3 is 4.98 Å². The number of piperazine rings is 1. The third kappa shape index (κ3) is 2.83. The lowest BCUT2D eigenvalue weighted by Gasteiger charge is -2.55. The molecule has 7 rings (SSSR count). The van der Waals surface area contributed by atoms with Gasteiger partial charge in [-0.2, -0.15) is 0 Å². The van der Waals surface area contributed by atoms with Crippen molar-refractivity contribution in [3.05, 3.63) is 76.3 Å². The zero-order valence-electron chi connectivity index (χ0n) is 17.3. The summed E-state index contributed by atoms with van der Waals surface area (Å²) in [5.74, 6) is 0.919. The molecule has 2 bridgehead atoms. The molecular formula is C25H28N4O. The smallest absolute Gasteiger partial charge is 0.258 e. The second-order valence-corrected chi connectivity index (χ2v) is 9.54. The van der Waals surface area contributed by atoms with Gasteiger partial charge in [0.2, 0.25) is 0 Å². The van der Waals surface area contributed by atoms with E-state index in [1.165, 1.54) is 12.0 Å². The van der Waals surface area contributed by atoms with Crippen molar-refractivity contribution in [2.24, 2.45) is 0 Å². The van der Waals surface area contributed by atoms with Crippen LogP contribution in [0.15, 0.2) is 59.4 Å². The molecular weight excluding hydrogens is 372 g/mol. The summed E-state index contributed by atoms with van der Waals surface area (Å²) >= 11 is 0. The maximum Gasteiger partial charge on any atom is 0.258 e. The van der Waals surface area contributed by atoms with E-state index in [1.54, 1.807) is 0 Å². The summed E-state index contributed by atoms with van der Waals surface area (Å²) < 4.78 is 0. The highest BCUT2D eigenvalue weighted by Crippen LogP contribution is 2.64. The van der Waals surface area contributed by atoms with Crippen LogP contribution in [0.1, 0.15) is 37.1 Å². The molecule has 0 radical (unpaired) electrons. The van der Waals surface area contributed by atoms with Crippen LogP contribution in [0.3, 0.4) is 0 Å². The molecule has 30 heavy (non-hydrogen) atoms. The normalized spacial score (nSPS) is 29.2. The Hall–Kier alpha value is -2.50. The van der Waals surface area contributed by atoms with Crippen LogP contribution in [0.2, 0.25) is 0 Å². The second-order valence-electron chi connectivity index (χ2n) is 9.54. The van der Waals surface area contributed by atoms with Gasteiger partial charge in [0.1, 0.15) is 5.82 Å². The van der Waals surface area contributed by atoms with Crippen molar-refractivity contribution in [1.82, 2.24) is 19.8 Å². The molecule has 4 fully saturated rings. The number of nitrogens with one attached hydrogen (secondary N) is 1. The Kier molecular flexibility index (Phi) is 4.12. The van der Waals surface area contributed by atoms with E-state index in [0.717, 1.165) is 63.3 Å². The Labute approximate surface area is 176 Å². The Morgan fingerprint density at radius 1 is 0.900 bits per heavy atom. The molecule has 1 N–H and O–H groups in total. The van der Waals surface area contributed by atoms with Crippen LogP contribution in [-0.2, 0) is 12.0 Å². The van der Waals surface area contributed by atoms with E-state index in [0.29, 0.717) is 10.9 Å². The van der Waals surface area contributed by atoms with Gasteiger partial charge in [-0.15, -0.1) is 0 Å². The highest BCUT2D eigenvalue weighted by Gasteiger charge is 2.64.